The molecule has 5 rings (SSSR count). The van der Waals surface area contributed by atoms with Crippen molar-refractivity contribution in [3.8, 4) is 23.0 Å². The van der Waals surface area contributed by atoms with E-state index in [1.807, 2.05) is 48.5 Å². The van der Waals surface area contributed by atoms with Gasteiger partial charge in [-0.3, -0.25) is 4.79 Å². The van der Waals surface area contributed by atoms with Gasteiger partial charge in [0.1, 0.15) is 22.9 Å². The van der Waals surface area contributed by atoms with E-state index in [9.17, 15) is 14.9 Å². The summed E-state index contributed by atoms with van der Waals surface area (Å²) in [6.45, 7) is 0. The highest BCUT2D eigenvalue weighted by Gasteiger charge is 2.19. The van der Waals surface area contributed by atoms with E-state index in [0.29, 0.717) is 27.2 Å². The highest BCUT2D eigenvalue weighted by atomic mass is 35.5. The molecule has 1 amide bonds. The molecule has 0 aliphatic carbocycles. The van der Waals surface area contributed by atoms with Crippen molar-refractivity contribution < 1.29 is 9.21 Å². The number of para-hydroxylation sites is 3. The molecule has 2 heterocycles. The van der Waals surface area contributed by atoms with Crippen molar-refractivity contribution >= 4 is 40.2 Å². The number of benzene rings is 3. The Balaban J connectivity index is 1.64. The molecule has 36 heavy (non-hydrogen) atoms. The van der Waals surface area contributed by atoms with Gasteiger partial charge in [-0.25, -0.2) is 9.48 Å². The van der Waals surface area contributed by atoms with Gasteiger partial charge in [0.05, 0.1) is 22.0 Å². The Morgan fingerprint density at radius 2 is 1.75 bits per heavy atom. The van der Waals surface area contributed by atoms with E-state index in [1.165, 1.54) is 6.08 Å². The molecule has 3 aromatic carbocycles. The second-order valence-corrected chi connectivity index (χ2v) is 8.21. The lowest BCUT2D eigenvalue weighted by Crippen LogP contribution is -2.13. The molecule has 0 unspecified atom stereocenters. The Kier molecular flexibility index (Phi) is 6.18. The second-order valence-electron chi connectivity index (χ2n) is 7.80. The van der Waals surface area contributed by atoms with Crippen molar-refractivity contribution in [3.05, 3.63) is 118 Å². The quantitative estimate of drug-likeness (QED) is 0.188. The van der Waals surface area contributed by atoms with Gasteiger partial charge in [-0.15, -0.1) is 0 Å². The second kappa shape index (κ2) is 9.74. The summed E-state index contributed by atoms with van der Waals surface area (Å²) in [5, 5.41) is 18.1. The van der Waals surface area contributed by atoms with E-state index in [-0.39, 0.29) is 16.8 Å². The number of fused-ring (bicyclic) bond motifs is 1. The molecular weight excluding hydrogens is 476 g/mol. The van der Waals surface area contributed by atoms with Crippen LogP contribution in [0.3, 0.4) is 0 Å². The van der Waals surface area contributed by atoms with Gasteiger partial charge in [-0.05, 0) is 42.5 Å². The minimum absolute atomic E-state index is 0.186. The van der Waals surface area contributed by atoms with Crippen LogP contribution in [0.4, 0.5) is 5.69 Å². The number of hydrogen-bond donors (Lipinski definition) is 1. The van der Waals surface area contributed by atoms with Gasteiger partial charge in [0, 0.05) is 17.1 Å². The molecule has 0 saturated heterocycles. The Bertz CT molecular complexity index is 1730. The molecule has 7 nitrogen and oxygen atoms in total. The van der Waals surface area contributed by atoms with Crippen LogP contribution in [0.25, 0.3) is 34.0 Å². The van der Waals surface area contributed by atoms with E-state index in [1.54, 1.807) is 53.3 Å². The number of amides is 1. The van der Waals surface area contributed by atoms with Crippen LogP contribution in [0.1, 0.15) is 5.56 Å². The molecular formula is C28H17ClN4O3. The van der Waals surface area contributed by atoms with Crippen LogP contribution in [0.2, 0.25) is 5.02 Å². The molecule has 1 N–H and O–H groups in total. The largest absolute Gasteiger partial charge is 0.422 e. The lowest BCUT2D eigenvalue weighted by molar-refractivity contribution is -0.112. The highest BCUT2D eigenvalue weighted by molar-refractivity contribution is 6.34. The minimum atomic E-state index is -0.644. The number of rotatable bonds is 5. The molecule has 174 valence electrons. The van der Waals surface area contributed by atoms with Crippen molar-refractivity contribution in [1.82, 2.24) is 9.78 Å². The Hall–Kier alpha value is -4.93. The van der Waals surface area contributed by atoms with E-state index in [2.05, 4.69) is 10.4 Å². The topological polar surface area (TPSA) is 101 Å². The molecule has 0 saturated carbocycles. The molecule has 0 bridgehead atoms. The normalized spacial score (nSPS) is 11.3. The number of nitrogens with one attached hydrogen (secondary N) is 1. The van der Waals surface area contributed by atoms with Crippen LogP contribution in [-0.2, 0) is 4.79 Å². The van der Waals surface area contributed by atoms with Gasteiger partial charge in [-0.2, -0.15) is 10.4 Å². The molecule has 8 heteroatoms. The molecule has 0 fully saturated rings. The summed E-state index contributed by atoms with van der Waals surface area (Å²) in [6, 6.07) is 26.8. The molecule has 5 aromatic rings. The number of carbonyl (C=O) groups is 1. The first-order valence-electron chi connectivity index (χ1n) is 10.9. The third-order valence-electron chi connectivity index (χ3n) is 5.45. The number of nitrogens with zero attached hydrogens (tertiary/aromatic N) is 3. The lowest BCUT2D eigenvalue weighted by atomic mass is 10.1. The van der Waals surface area contributed by atoms with E-state index >= 15 is 0 Å². The smallest absolute Gasteiger partial charge is 0.345 e. The minimum Gasteiger partial charge on any atom is -0.422 e. The van der Waals surface area contributed by atoms with Crippen molar-refractivity contribution in [2.24, 2.45) is 0 Å². The zero-order chi connectivity index (χ0) is 25.1. The van der Waals surface area contributed by atoms with Crippen molar-refractivity contribution in [2.45, 2.75) is 0 Å². The fourth-order valence-electron chi connectivity index (χ4n) is 3.70. The van der Waals surface area contributed by atoms with Gasteiger partial charge in [0.15, 0.2) is 0 Å². The third-order valence-corrected chi connectivity index (χ3v) is 5.78. The summed E-state index contributed by atoms with van der Waals surface area (Å²) in [5.74, 6) is -0.644. The summed E-state index contributed by atoms with van der Waals surface area (Å²) in [5.41, 5.74) is 1.67. The zero-order valence-electron chi connectivity index (χ0n) is 18.7. The predicted molar refractivity (Wildman–Crippen MR) is 139 cm³/mol. The van der Waals surface area contributed by atoms with Crippen molar-refractivity contribution in [3.63, 3.8) is 0 Å². The maximum Gasteiger partial charge on any atom is 0.345 e. The first kappa shape index (κ1) is 22.8. The number of hydrogen-bond acceptors (Lipinski definition) is 5. The Morgan fingerprint density at radius 1 is 1.03 bits per heavy atom. The number of nitriles is 1. The maximum atomic E-state index is 12.9. The average Bonchev–Trinajstić information content (AvgIpc) is 3.32. The van der Waals surface area contributed by atoms with E-state index < -0.39 is 11.5 Å². The van der Waals surface area contributed by atoms with Crippen LogP contribution in [0, 0.1) is 11.3 Å². The standard InChI is InChI=1S/C28H17ClN4O3/c29-23-11-5-6-12-24(23)31-27(34)19(16-30)14-20-17-33(21-9-2-1-3-10-21)32-26(20)22-15-18-8-4-7-13-25(18)36-28(22)35/h1-15,17H,(H,31,34). The SMILES string of the molecule is N#CC(=Cc1cn(-c2ccccc2)nc1-c1cc2ccccc2oc1=O)C(=O)Nc1ccccc1Cl. The zero-order valence-corrected chi connectivity index (χ0v) is 19.4. The van der Waals surface area contributed by atoms with Crippen molar-refractivity contribution in [1.29, 1.82) is 5.26 Å². The Labute approximate surface area is 210 Å². The van der Waals surface area contributed by atoms with Crippen LogP contribution in [0.15, 0.2) is 106 Å². The summed E-state index contributed by atoms with van der Waals surface area (Å²) >= 11 is 6.14. The van der Waals surface area contributed by atoms with Crippen molar-refractivity contribution in [2.75, 3.05) is 5.32 Å². The van der Waals surface area contributed by atoms with Gasteiger partial charge in [0.25, 0.3) is 5.91 Å². The first-order chi connectivity index (χ1) is 17.5. The van der Waals surface area contributed by atoms with E-state index in [4.69, 9.17) is 16.0 Å². The number of aromatic nitrogens is 2. The number of carbonyl (C=O) groups excluding carboxylic acids is 1. The summed E-state index contributed by atoms with van der Waals surface area (Å²) in [6.07, 6.45) is 3.04. The predicted octanol–water partition coefficient (Wildman–Crippen LogP) is 5.84. The Morgan fingerprint density at radius 3 is 2.53 bits per heavy atom. The molecule has 0 radical (unpaired) electrons. The van der Waals surface area contributed by atoms with Crippen LogP contribution < -0.4 is 10.9 Å². The lowest BCUT2D eigenvalue weighted by Gasteiger charge is -2.06. The molecule has 0 spiro atoms. The van der Waals surface area contributed by atoms with Gasteiger partial charge in [-0.1, -0.05) is 60.1 Å². The third kappa shape index (κ3) is 4.53. The number of anilines is 1. The van der Waals surface area contributed by atoms with Gasteiger partial charge in [0.2, 0.25) is 0 Å². The number of halogens is 1. The fraction of sp³-hybridized carbons (Fsp3) is 0. The first-order valence-corrected chi connectivity index (χ1v) is 11.3. The summed E-state index contributed by atoms with van der Waals surface area (Å²) < 4.78 is 7.08. The molecule has 0 aliphatic rings. The van der Waals surface area contributed by atoms with E-state index in [0.717, 1.165) is 5.69 Å². The average molecular weight is 493 g/mol. The molecule has 0 aliphatic heterocycles. The van der Waals surface area contributed by atoms with Gasteiger partial charge >= 0.3 is 5.63 Å². The monoisotopic (exact) mass is 492 g/mol. The van der Waals surface area contributed by atoms with Gasteiger partial charge < -0.3 is 9.73 Å². The van der Waals surface area contributed by atoms with Crippen LogP contribution in [0.5, 0.6) is 0 Å². The maximum absolute atomic E-state index is 12.9. The van der Waals surface area contributed by atoms with Crippen LogP contribution >= 0.6 is 11.6 Å². The molecule has 2 aromatic heterocycles. The highest BCUT2D eigenvalue weighted by Crippen LogP contribution is 2.27. The summed E-state index contributed by atoms with van der Waals surface area (Å²) in [7, 11) is 0. The molecule has 0 atom stereocenters. The van der Waals surface area contributed by atoms with Crippen LogP contribution in [-0.4, -0.2) is 15.7 Å². The fourth-order valence-corrected chi connectivity index (χ4v) is 3.88. The summed E-state index contributed by atoms with van der Waals surface area (Å²) in [4.78, 5) is 25.8.